The van der Waals surface area contributed by atoms with E-state index in [1.165, 1.54) is 5.57 Å². The zero-order valence-electron chi connectivity index (χ0n) is 8.19. The SMILES string of the molecule is O=[N+]([O-])CCCCCC=C1C=CC=C1. The van der Waals surface area contributed by atoms with Crippen LogP contribution in [0.2, 0.25) is 0 Å². The molecule has 0 amide bonds. The summed E-state index contributed by atoms with van der Waals surface area (Å²) in [5.74, 6) is 0. The molecule has 3 nitrogen and oxygen atoms in total. The molecule has 1 aliphatic rings. The number of rotatable bonds is 6. The topological polar surface area (TPSA) is 43.1 Å². The summed E-state index contributed by atoms with van der Waals surface area (Å²) < 4.78 is 0. The monoisotopic (exact) mass is 193 g/mol. The second kappa shape index (κ2) is 6.13. The lowest BCUT2D eigenvalue weighted by Gasteiger charge is -1.95. The van der Waals surface area contributed by atoms with Crippen molar-refractivity contribution in [3.05, 3.63) is 46.1 Å². The van der Waals surface area contributed by atoms with Crippen LogP contribution in [0.1, 0.15) is 25.7 Å². The summed E-state index contributed by atoms with van der Waals surface area (Å²) in [6, 6.07) is 0. The van der Waals surface area contributed by atoms with Gasteiger partial charge in [-0.15, -0.1) is 0 Å². The molecule has 0 aromatic carbocycles. The smallest absolute Gasteiger partial charge is 0.203 e. The summed E-state index contributed by atoms with van der Waals surface area (Å²) in [5, 5.41) is 10.0. The standard InChI is InChI=1S/C11H15NO2/c13-12(14)10-6-2-1-3-7-11-8-4-5-9-11/h4-5,7-9H,1-3,6,10H2. The highest BCUT2D eigenvalue weighted by Crippen LogP contribution is 2.10. The summed E-state index contributed by atoms with van der Waals surface area (Å²) in [6.45, 7) is 0.108. The highest BCUT2D eigenvalue weighted by Gasteiger charge is 1.96. The number of nitrogens with zero attached hydrogens (tertiary/aromatic N) is 1. The van der Waals surface area contributed by atoms with Crippen LogP contribution in [0.15, 0.2) is 36.0 Å². The Labute approximate surface area is 84.0 Å². The Bertz CT molecular complexity index is 263. The number of unbranched alkanes of at least 4 members (excludes halogenated alkanes) is 3. The Morgan fingerprint density at radius 3 is 2.57 bits per heavy atom. The van der Waals surface area contributed by atoms with Crippen LogP contribution in [0.5, 0.6) is 0 Å². The number of hydrogen-bond acceptors (Lipinski definition) is 2. The van der Waals surface area contributed by atoms with Gasteiger partial charge in [0, 0.05) is 11.3 Å². The van der Waals surface area contributed by atoms with Crippen molar-refractivity contribution in [2.75, 3.05) is 6.54 Å². The van der Waals surface area contributed by atoms with Gasteiger partial charge in [0.25, 0.3) is 0 Å². The minimum atomic E-state index is -0.249. The number of nitro groups is 1. The molecular weight excluding hydrogens is 178 g/mol. The van der Waals surface area contributed by atoms with E-state index >= 15 is 0 Å². The number of hydrogen-bond donors (Lipinski definition) is 0. The van der Waals surface area contributed by atoms with Crippen molar-refractivity contribution >= 4 is 0 Å². The molecule has 1 rings (SSSR count). The van der Waals surface area contributed by atoms with Gasteiger partial charge in [-0.05, 0) is 24.8 Å². The normalized spacial score (nSPS) is 13.6. The highest BCUT2D eigenvalue weighted by molar-refractivity contribution is 5.39. The molecule has 0 fully saturated rings. The maximum atomic E-state index is 10.0. The molecule has 0 aromatic heterocycles. The van der Waals surface area contributed by atoms with Gasteiger partial charge < -0.3 is 0 Å². The van der Waals surface area contributed by atoms with E-state index in [9.17, 15) is 10.1 Å². The van der Waals surface area contributed by atoms with E-state index in [4.69, 9.17) is 0 Å². The van der Waals surface area contributed by atoms with Crippen LogP contribution in [0, 0.1) is 10.1 Å². The van der Waals surface area contributed by atoms with E-state index in [-0.39, 0.29) is 11.5 Å². The maximum absolute atomic E-state index is 10.0. The molecule has 0 atom stereocenters. The second-order valence-corrected chi connectivity index (χ2v) is 3.33. The van der Waals surface area contributed by atoms with Crippen molar-refractivity contribution in [1.82, 2.24) is 0 Å². The van der Waals surface area contributed by atoms with Crippen LogP contribution in [0.25, 0.3) is 0 Å². The Kier molecular flexibility index (Phi) is 4.69. The average Bonchev–Trinajstić information content (AvgIpc) is 2.63. The first-order chi connectivity index (χ1) is 6.79. The van der Waals surface area contributed by atoms with Gasteiger partial charge in [-0.2, -0.15) is 0 Å². The van der Waals surface area contributed by atoms with E-state index < -0.39 is 0 Å². The zero-order chi connectivity index (χ0) is 10.2. The average molecular weight is 193 g/mol. The summed E-state index contributed by atoms with van der Waals surface area (Å²) in [5.41, 5.74) is 1.25. The van der Waals surface area contributed by atoms with Gasteiger partial charge in [-0.25, -0.2) is 0 Å². The summed E-state index contributed by atoms with van der Waals surface area (Å²) in [4.78, 5) is 9.77. The number of allylic oxidation sites excluding steroid dienone is 6. The molecule has 1 aliphatic carbocycles. The third-order valence-corrected chi connectivity index (χ3v) is 2.11. The quantitative estimate of drug-likeness (QED) is 0.370. The summed E-state index contributed by atoms with van der Waals surface area (Å²) >= 11 is 0. The maximum Gasteiger partial charge on any atom is 0.203 e. The molecule has 0 saturated heterocycles. The predicted octanol–water partition coefficient (Wildman–Crippen LogP) is 2.88. The first-order valence-electron chi connectivity index (χ1n) is 4.96. The van der Waals surface area contributed by atoms with E-state index in [1.54, 1.807) is 0 Å². The third-order valence-electron chi connectivity index (χ3n) is 2.11. The molecule has 0 unspecified atom stereocenters. The molecule has 0 saturated carbocycles. The minimum absolute atomic E-state index is 0.108. The van der Waals surface area contributed by atoms with Gasteiger partial charge in [0.2, 0.25) is 6.54 Å². The molecule has 0 spiro atoms. The molecule has 0 aliphatic heterocycles. The summed E-state index contributed by atoms with van der Waals surface area (Å²) in [6.07, 6.45) is 14.0. The second-order valence-electron chi connectivity index (χ2n) is 3.33. The predicted molar refractivity (Wildman–Crippen MR) is 56.7 cm³/mol. The van der Waals surface area contributed by atoms with Gasteiger partial charge in [-0.3, -0.25) is 10.1 Å². The van der Waals surface area contributed by atoms with Crippen molar-refractivity contribution < 1.29 is 4.92 Å². The summed E-state index contributed by atoms with van der Waals surface area (Å²) in [7, 11) is 0. The van der Waals surface area contributed by atoms with E-state index in [0.29, 0.717) is 6.42 Å². The minimum Gasteiger partial charge on any atom is -0.265 e. The van der Waals surface area contributed by atoms with E-state index in [1.807, 2.05) is 12.2 Å². The lowest BCUT2D eigenvalue weighted by Crippen LogP contribution is -1.99. The molecular formula is C11H15NO2. The third kappa shape index (κ3) is 4.60. The Morgan fingerprint density at radius 2 is 1.93 bits per heavy atom. The fourth-order valence-electron chi connectivity index (χ4n) is 1.36. The van der Waals surface area contributed by atoms with Crippen molar-refractivity contribution in [3.8, 4) is 0 Å². The molecule has 0 N–H and O–H groups in total. The van der Waals surface area contributed by atoms with Gasteiger partial charge in [0.05, 0.1) is 0 Å². The van der Waals surface area contributed by atoms with Crippen LogP contribution < -0.4 is 0 Å². The van der Waals surface area contributed by atoms with Gasteiger partial charge in [-0.1, -0.05) is 30.4 Å². The largest absolute Gasteiger partial charge is 0.265 e. The Balaban J connectivity index is 1.99. The first-order valence-corrected chi connectivity index (χ1v) is 4.96. The van der Waals surface area contributed by atoms with Crippen molar-refractivity contribution in [1.29, 1.82) is 0 Å². The van der Waals surface area contributed by atoms with Crippen molar-refractivity contribution in [2.24, 2.45) is 0 Å². The fourth-order valence-corrected chi connectivity index (χ4v) is 1.36. The molecule has 0 bridgehead atoms. The molecule has 76 valence electrons. The van der Waals surface area contributed by atoms with Crippen LogP contribution in [-0.4, -0.2) is 11.5 Å². The first kappa shape index (κ1) is 10.7. The van der Waals surface area contributed by atoms with Crippen LogP contribution in [0.4, 0.5) is 0 Å². The van der Waals surface area contributed by atoms with Crippen LogP contribution >= 0.6 is 0 Å². The zero-order valence-corrected chi connectivity index (χ0v) is 8.19. The molecule has 0 heterocycles. The molecule has 0 radical (unpaired) electrons. The van der Waals surface area contributed by atoms with Crippen LogP contribution in [-0.2, 0) is 0 Å². The van der Waals surface area contributed by atoms with Gasteiger partial charge >= 0.3 is 0 Å². The van der Waals surface area contributed by atoms with Crippen LogP contribution in [0.3, 0.4) is 0 Å². The van der Waals surface area contributed by atoms with E-state index in [0.717, 1.165) is 19.3 Å². The van der Waals surface area contributed by atoms with Crippen molar-refractivity contribution in [3.63, 3.8) is 0 Å². The van der Waals surface area contributed by atoms with E-state index in [2.05, 4.69) is 18.2 Å². The lowest BCUT2D eigenvalue weighted by molar-refractivity contribution is -0.480. The Morgan fingerprint density at radius 1 is 1.21 bits per heavy atom. The van der Waals surface area contributed by atoms with Gasteiger partial charge in [0.1, 0.15) is 0 Å². The van der Waals surface area contributed by atoms with Gasteiger partial charge in [0.15, 0.2) is 0 Å². The highest BCUT2D eigenvalue weighted by atomic mass is 16.6. The molecule has 14 heavy (non-hydrogen) atoms. The Hall–Kier alpha value is -1.38. The molecule has 0 aromatic rings. The lowest BCUT2D eigenvalue weighted by atomic mass is 10.1. The van der Waals surface area contributed by atoms with Crippen molar-refractivity contribution in [2.45, 2.75) is 25.7 Å². The fraction of sp³-hybridized carbons (Fsp3) is 0.455. The molecule has 3 heteroatoms.